The number of aliphatic hydroxyl groups excluding tert-OH is 1. The molecule has 0 aromatic heterocycles. The molecule has 0 saturated carbocycles. The Hall–Kier alpha value is -7.68. The smallest absolute Gasteiger partial charge is 0.341 e. The number of benzene rings is 6. The molecule has 3 aliphatic rings. The first-order chi connectivity index (χ1) is 38.9. The summed E-state index contributed by atoms with van der Waals surface area (Å²) in [5.74, 6) is -2.87. The Morgan fingerprint density at radius 2 is 1.09 bits per heavy atom. The van der Waals surface area contributed by atoms with Crippen molar-refractivity contribution >= 4 is 70.5 Å². The summed E-state index contributed by atoms with van der Waals surface area (Å²) >= 11 is 2.96. The Bertz CT molecular complexity index is 3080. The summed E-state index contributed by atoms with van der Waals surface area (Å²) in [6, 6.07) is 51.1. The molecule has 0 bridgehead atoms. The third kappa shape index (κ3) is 15.0. The molecule has 424 valence electrons. The van der Waals surface area contributed by atoms with Gasteiger partial charge in [-0.2, -0.15) is 0 Å². The van der Waals surface area contributed by atoms with Gasteiger partial charge in [-0.05, 0) is 71.1 Å². The highest BCUT2D eigenvalue weighted by Gasteiger charge is 2.52. The number of hydrogen-bond donors (Lipinski definition) is 5. The SMILES string of the molecule is CC(C)[C@@H](NC(=O)CNC(=O)COc1ccc([C@@H]2[C@@H](SCC(O)c3ccccc3)C(=O)N2c2ccccc2)cc1)C(=O)O.CC1(C)COC(CS[C@H]2C(=O)N(c3ccccc3)[C@@H]2c2ccc(OCC(=O)O)cc2)(c2ccccc2)OC1. The molecule has 5 N–H and O–H groups in total. The summed E-state index contributed by atoms with van der Waals surface area (Å²) in [4.78, 5) is 76.7. The van der Waals surface area contributed by atoms with Crippen LogP contribution in [0.3, 0.4) is 0 Å². The van der Waals surface area contributed by atoms with Crippen LogP contribution in [0.5, 0.6) is 11.5 Å². The van der Waals surface area contributed by atoms with Crippen LogP contribution in [0.15, 0.2) is 170 Å². The summed E-state index contributed by atoms with van der Waals surface area (Å²) in [7, 11) is 0. The fourth-order valence-corrected chi connectivity index (χ4v) is 12.1. The van der Waals surface area contributed by atoms with Crippen LogP contribution in [-0.2, 0) is 44.0 Å². The monoisotopic (exact) mass is 1140 g/mol. The Morgan fingerprint density at radius 1 is 0.630 bits per heavy atom. The van der Waals surface area contributed by atoms with E-state index in [-0.39, 0.29) is 53.6 Å². The number of nitrogens with zero attached hydrogens (tertiary/aromatic N) is 2. The number of carbonyl (C=O) groups is 6. The maximum atomic E-state index is 13.5. The highest BCUT2D eigenvalue weighted by Crippen LogP contribution is 2.49. The minimum atomic E-state index is -1.14. The zero-order valence-electron chi connectivity index (χ0n) is 45.3. The Morgan fingerprint density at radius 3 is 1.56 bits per heavy atom. The third-order valence-corrected chi connectivity index (χ3v) is 16.4. The van der Waals surface area contributed by atoms with Gasteiger partial charge >= 0.3 is 11.9 Å². The molecule has 6 atom stereocenters. The molecule has 19 heteroatoms. The number of thioether (sulfide) groups is 2. The van der Waals surface area contributed by atoms with E-state index in [1.165, 1.54) is 11.8 Å². The number of carboxylic acid groups (broad SMARTS) is 2. The number of rotatable bonds is 23. The molecule has 17 nitrogen and oxygen atoms in total. The predicted octanol–water partition coefficient (Wildman–Crippen LogP) is 8.60. The minimum absolute atomic E-state index is 0.0248. The van der Waals surface area contributed by atoms with Gasteiger partial charge in [0, 0.05) is 28.1 Å². The number of aliphatic carboxylic acids is 2. The third-order valence-electron chi connectivity index (χ3n) is 13.7. The first kappa shape index (κ1) is 59.4. The molecule has 6 aromatic carbocycles. The van der Waals surface area contributed by atoms with Gasteiger partial charge in [0.05, 0.1) is 43.7 Å². The van der Waals surface area contributed by atoms with Crippen LogP contribution in [0.25, 0.3) is 0 Å². The van der Waals surface area contributed by atoms with E-state index in [4.69, 9.17) is 24.1 Å². The van der Waals surface area contributed by atoms with Gasteiger partial charge in [-0.1, -0.05) is 149 Å². The molecule has 81 heavy (non-hydrogen) atoms. The summed E-state index contributed by atoms with van der Waals surface area (Å²) in [5.41, 5.74) is 5.07. The number of carbonyl (C=O) groups excluding carboxylic acids is 4. The number of hydrogen-bond acceptors (Lipinski definition) is 13. The number of anilines is 2. The standard InChI is InChI=1S/C32H35N3O7S.C30H31NO6S/c1-20(2)28(32(40)41)34-26(37)17-33-27(38)18-42-24-15-13-22(14-16-24)29-30(31(39)35(29)23-11-7-4-8-12-23)43-19-25(36)21-9-5-3-6-10-21;1-29(2)18-36-30(37-19-29,22-9-5-3-6-10-22)20-38-27-26(31(28(27)34)23-11-7-4-8-12-23)21-13-15-24(16-14-21)35-17-25(32)33/h3-16,20,25,28-30,36H,17-19H2,1-2H3,(H,33,38)(H,34,37)(H,40,41);3-16,26-27H,17-20H2,1-2H3,(H,32,33)/t25?,28-,29-,30-;26-,27-/m11/s1. The largest absolute Gasteiger partial charge is 0.484 e. The lowest BCUT2D eigenvalue weighted by Gasteiger charge is -2.49. The lowest BCUT2D eigenvalue weighted by Crippen LogP contribution is -2.58. The van der Waals surface area contributed by atoms with E-state index in [9.17, 15) is 39.0 Å². The van der Waals surface area contributed by atoms with Crippen molar-refractivity contribution in [2.45, 2.75) is 68.2 Å². The molecule has 9 rings (SSSR count). The van der Waals surface area contributed by atoms with Crippen LogP contribution >= 0.6 is 23.5 Å². The van der Waals surface area contributed by atoms with Crippen molar-refractivity contribution in [2.75, 3.05) is 54.3 Å². The summed E-state index contributed by atoms with van der Waals surface area (Å²) in [6.07, 6.45) is -0.702. The molecule has 1 unspecified atom stereocenters. The normalized spacial score (nSPS) is 19.6. The lowest BCUT2D eigenvalue weighted by atomic mass is 9.92. The van der Waals surface area contributed by atoms with E-state index in [0.717, 1.165) is 33.6 Å². The lowest BCUT2D eigenvalue weighted by molar-refractivity contribution is -0.295. The fraction of sp³-hybridized carbons (Fsp3) is 0.323. The molecule has 3 fully saturated rings. The van der Waals surface area contributed by atoms with Crippen molar-refractivity contribution < 1.29 is 63.0 Å². The summed E-state index contributed by atoms with van der Waals surface area (Å²) in [6.45, 7) is 7.56. The second-order valence-electron chi connectivity index (χ2n) is 20.8. The predicted molar refractivity (Wildman–Crippen MR) is 310 cm³/mol. The maximum absolute atomic E-state index is 13.5. The van der Waals surface area contributed by atoms with Crippen molar-refractivity contribution in [3.8, 4) is 11.5 Å². The van der Waals surface area contributed by atoms with Gasteiger partial charge in [-0.25, -0.2) is 9.59 Å². The van der Waals surface area contributed by atoms with Gasteiger partial charge in [-0.15, -0.1) is 23.5 Å². The first-order valence-corrected chi connectivity index (χ1v) is 28.6. The van der Waals surface area contributed by atoms with Crippen LogP contribution in [-0.4, -0.2) is 112 Å². The fourth-order valence-electron chi connectivity index (χ4n) is 9.33. The van der Waals surface area contributed by atoms with Crippen molar-refractivity contribution in [1.82, 2.24) is 10.6 Å². The number of amides is 4. The van der Waals surface area contributed by atoms with Crippen LogP contribution < -0.4 is 29.9 Å². The Kier molecular flexibility index (Phi) is 20.0. The number of nitrogens with one attached hydrogen (secondary N) is 2. The maximum Gasteiger partial charge on any atom is 0.341 e. The van der Waals surface area contributed by atoms with Crippen molar-refractivity contribution in [3.63, 3.8) is 0 Å². The Labute approximate surface area is 479 Å². The molecule has 0 aliphatic carbocycles. The highest BCUT2D eigenvalue weighted by molar-refractivity contribution is 8.01. The molecule has 3 heterocycles. The molecule has 0 radical (unpaired) electrons. The average molecular weight is 1140 g/mol. The molecule has 3 aliphatic heterocycles. The number of β-lactam (4-membered cyclic amide) rings is 2. The van der Waals surface area contributed by atoms with Crippen LogP contribution in [0, 0.1) is 11.3 Å². The van der Waals surface area contributed by atoms with Crippen molar-refractivity contribution in [2.24, 2.45) is 11.3 Å². The highest BCUT2D eigenvalue weighted by atomic mass is 32.2. The van der Waals surface area contributed by atoms with Gasteiger partial charge in [-0.3, -0.25) is 19.2 Å². The van der Waals surface area contributed by atoms with Crippen LogP contribution in [0.2, 0.25) is 0 Å². The van der Waals surface area contributed by atoms with Gasteiger partial charge in [0.25, 0.3) is 5.91 Å². The molecule has 4 amide bonds. The zero-order chi connectivity index (χ0) is 57.7. The van der Waals surface area contributed by atoms with Crippen molar-refractivity contribution in [3.05, 3.63) is 192 Å². The molecule has 3 saturated heterocycles. The van der Waals surface area contributed by atoms with E-state index in [2.05, 4.69) is 24.5 Å². The van der Waals surface area contributed by atoms with Gasteiger partial charge < -0.3 is 54.7 Å². The van der Waals surface area contributed by atoms with Crippen molar-refractivity contribution in [1.29, 1.82) is 0 Å². The zero-order valence-corrected chi connectivity index (χ0v) is 46.9. The average Bonchev–Trinajstić information content (AvgIpc) is 3.15. The summed E-state index contributed by atoms with van der Waals surface area (Å²) < 4.78 is 23.7. The number of ether oxygens (including phenoxy) is 4. The summed E-state index contributed by atoms with van der Waals surface area (Å²) in [5, 5.41) is 32.8. The molecular formula is C62H66N4O13S2. The second kappa shape index (κ2) is 27.2. The number of para-hydroxylation sites is 2. The van der Waals surface area contributed by atoms with E-state index < -0.39 is 53.5 Å². The number of aliphatic hydroxyl groups is 1. The second-order valence-corrected chi connectivity index (χ2v) is 23.1. The van der Waals surface area contributed by atoms with E-state index in [0.29, 0.717) is 36.2 Å². The van der Waals surface area contributed by atoms with Crippen LogP contribution in [0.4, 0.5) is 11.4 Å². The van der Waals surface area contributed by atoms with E-state index >= 15 is 0 Å². The van der Waals surface area contributed by atoms with Gasteiger partial charge in [0.2, 0.25) is 23.5 Å². The molecular weight excluding hydrogens is 1070 g/mol. The quantitative estimate of drug-likeness (QED) is 0.0378. The first-order valence-electron chi connectivity index (χ1n) is 26.5. The molecule has 6 aromatic rings. The van der Waals surface area contributed by atoms with E-state index in [1.54, 1.807) is 54.8 Å². The van der Waals surface area contributed by atoms with Gasteiger partial charge in [0.1, 0.15) is 28.0 Å². The van der Waals surface area contributed by atoms with Crippen LogP contribution in [0.1, 0.15) is 68.1 Å². The van der Waals surface area contributed by atoms with E-state index in [1.807, 2.05) is 150 Å². The van der Waals surface area contributed by atoms with Gasteiger partial charge in [0.15, 0.2) is 13.2 Å². The topological polar surface area (TPSA) is 231 Å². The Balaban J connectivity index is 0.000000214. The number of carboxylic acids is 2. The minimum Gasteiger partial charge on any atom is -0.484 e. The molecule has 0 spiro atoms.